The molecule has 0 aliphatic carbocycles. The maximum Gasteiger partial charge on any atom is 0.258 e. The summed E-state index contributed by atoms with van der Waals surface area (Å²) in [6.07, 6.45) is 0. The van der Waals surface area contributed by atoms with E-state index in [1.165, 1.54) is 0 Å². The van der Waals surface area contributed by atoms with Crippen LogP contribution in [0.1, 0.15) is 32.6 Å². The van der Waals surface area contributed by atoms with Crippen LogP contribution in [0.5, 0.6) is 5.75 Å². The molecule has 0 aliphatic heterocycles. The summed E-state index contributed by atoms with van der Waals surface area (Å²) in [5.74, 6) is 0.408. The molecule has 1 amide bonds. The number of carbonyl (C=O) groups is 1. The van der Waals surface area contributed by atoms with Crippen LogP contribution in [0.25, 0.3) is 10.9 Å². The van der Waals surface area contributed by atoms with Crippen LogP contribution in [0.2, 0.25) is 0 Å². The highest BCUT2D eigenvalue weighted by atomic mass is 16.5. The molecule has 4 aromatic rings. The zero-order valence-corrected chi connectivity index (χ0v) is 18.7. The summed E-state index contributed by atoms with van der Waals surface area (Å²) >= 11 is 0. The van der Waals surface area contributed by atoms with E-state index in [-0.39, 0.29) is 18.0 Å². The number of aromatic nitrogens is 1. The number of benzene rings is 3. The Labute approximate surface area is 187 Å². The van der Waals surface area contributed by atoms with Crippen LogP contribution in [0.4, 0.5) is 5.69 Å². The Balaban J connectivity index is 1.81. The number of aromatic amines is 1. The number of H-pyrrole nitrogens is 1. The average Bonchev–Trinajstić information content (AvgIpc) is 2.79. The first-order chi connectivity index (χ1) is 15.4. The number of carbonyl (C=O) groups excluding carboxylic acids is 1. The van der Waals surface area contributed by atoms with Gasteiger partial charge in [-0.05, 0) is 85.8 Å². The highest BCUT2D eigenvalue weighted by Crippen LogP contribution is 2.25. The van der Waals surface area contributed by atoms with Gasteiger partial charge in [0.15, 0.2) is 0 Å². The second-order valence-electron chi connectivity index (χ2n) is 8.11. The number of methoxy groups -OCH3 is 1. The lowest BCUT2D eigenvalue weighted by Gasteiger charge is -2.24. The molecule has 5 nitrogen and oxygen atoms in total. The molecule has 32 heavy (non-hydrogen) atoms. The van der Waals surface area contributed by atoms with Gasteiger partial charge in [0, 0.05) is 22.3 Å². The molecule has 0 unspecified atom stereocenters. The summed E-state index contributed by atoms with van der Waals surface area (Å²) in [4.78, 5) is 31.0. The molecule has 1 N–H and O–H groups in total. The van der Waals surface area contributed by atoms with Crippen molar-refractivity contribution in [3.05, 3.63) is 105 Å². The summed E-state index contributed by atoms with van der Waals surface area (Å²) in [6, 6.07) is 20.7. The van der Waals surface area contributed by atoms with Crippen molar-refractivity contribution >= 4 is 22.5 Å². The average molecular weight is 427 g/mol. The molecule has 0 aliphatic rings. The quantitative estimate of drug-likeness (QED) is 0.470. The van der Waals surface area contributed by atoms with Crippen LogP contribution < -0.4 is 15.2 Å². The Morgan fingerprint density at radius 2 is 1.75 bits per heavy atom. The van der Waals surface area contributed by atoms with Crippen molar-refractivity contribution in [2.45, 2.75) is 27.3 Å². The van der Waals surface area contributed by atoms with Crippen molar-refractivity contribution in [3.63, 3.8) is 0 Å². The number of hydrogen-bond acceptors (Lipinski definition) is 3. The summed E-state index contributed by atoms with van der Waals surface area (Å²) < 4.78 is 5.30. The molecular formula is C27H26N2O3. The van der Waals surface area contributed by atoms with Gasteiger partial charge in [-0.1, -0.05) is 23.8 Å². The number of amides is 1. The van der Waals surface area contributed by atoms with Gasteiger partial charge < -0.3 is 14.6 Å². The molecule has 0 atom stereocenters. The molecule has 4 rings (SSSR count). The summed E-state index contributed by atoms with van der Waals surface area (Å²) in [6.45, 7) is 6.21. The number of anilines is 1. The molecule has 0 radical (unpaired) electrons. The summed E-state index contributed by atoms with van der Waals surface area (Å²) in [5, 5.41) is 0.938. The Bertz CT molecular complexity index is 1370. The van der Waals surface area contributed by atoms with Gasteiger partial charge in [-0.2, -0.15) is 0 Å². The predicted molar refractivity (Wildman–Crippen MR) is 129 cm³/mol. The lowest BCUT2D eigenvalue weighted by molar-refractivity contribution is 0.0984. The van der Waals surface area contributed by atoms with Gasteiger partial charge in [0.2, 0.25) is 0 Å². The number of fused-ring (bicyclic) bond motifs is 1. The highest BCUT2D eigenvalue weighted by molar-refractivity contribution is 6.06. The summed E-state index contributed by atoms with van der Waals surface area (Å²) in [7, 11) is 1.57. The van der Waals surface area contributed by atoms with Crippen molar-refractivity contribution in [2.24, 2.45) is 0 Å². The number of pyridine rings is 1. The Kier molecular flexibility index (Phi) is 5.82. The zero-order chi connectivity index (χ0) is 22.8. The summed E-state index contributed by atoms with van der Waals surface area (Å²) in [5.41, 5.74) is 5.66. The van der Waals surface area contributed by atoms with Crippen LogP contribution in [0.15, 0.2) is 71.5 Å². The number of aryl methyl sites for hydroxylation is 3. The first-order valence-electron chi connectivity index (χ1n) is 10.5. The molecular weight excluding hydrogens is 400 g/mol. The van der Waals surface area contributed by atoms with Crippen molar-refractivity contribution in [2.75, 3.05) is 12.0 Å². The minimum absolute atomic E-state index is 0.151. The first kappa shape index (κ1) is 21.4. The molecule has 5 heteroatoms. The third kappa shape index (κ3) is 4.28. The van der Waals surface area contributed by atoms with Gasteiger partial charge in [-0.15, -0.1) is 0 Å². The largest absolute Gasteiger partial charge is 0.497 e. The van der Waals surface area contributed by atoms with E-state index in [1.807, 2.05) is 63.2 Å². The lowest BCUT2D eigenvalue weighted by atomic mass is 10.1. The van der Waals surface area contributed by atoms with Crippen LogP contribution in [0, 0.1) is 20.8 Å². The van der Waals surface area contributed by atoms with Crippen molar-refractivity contribution < 1.29 is 9.53 Å². The van der Waals surface area contributed by atoms with E-state index in [0.717, 1.165) is 33.3 Å². The third-order valence-corrected chi connectivity index (χ3v) is 5.77. The standard InChI is InChI=1S/C27H26N2O3/c1-17-8-11-25-21(12-17)14-22(26(30)28-25)16-29(23-10-9-18(2)19(3)13-23)27(31)20-6-5-7-24(15-20)32-4/h5-15H,16H2,1-4H3,(H,28,30). The predicted octanol–water partition coefficient (Wildman–Crippen LogP) is 5.31. The number of nitrogens with zero attached hydrogens (tertiary/aromatic N) is 1. The van der Waals surface area contributed by atoms with Gasteiger partial charge in [0.25, 0.3) is 11.5 Å². The van der Waals surface area contributed by atoms with E-state index < -0.39 is 0 Å². The fourth-order valence-electron chi connectivity index (χ4n) is 3.74. The van der Waals surface area contributed by atoms with Gasteiger partial charge in [0.1, 0.15) is 5.75 Å². The van der Waals surface area contributed by atoms with Gasteiger partial charge >= 0.3 is 0 Å². The fourth-order valence-corrected chi connectivity index (χ4v) is 3.74. The van der Waals surface area contributed by atoms with Gasteiger partial charge in [-0.3, -0.25) is 9.59 Å². The third-order valence-electron chi connectivity index (χ3n) is 5.77. The Morgan fingerprint density at radius 1 is 0.938 bits per heavy atom. The lowest BCUT2D eigenvalue weighted by Crippen LogP contribution is -2.33. The second-order valence-corrected chi connectivity index (χ2v) is 8.11. The van der Waals surface area contributed by atoms with E-state index in [9.17, 15) is 9.59 Å². The van der Waals surface area contributed by atoms with Crippen molar-refractivity contribution in [1.29, 1.82) is 0 Å². The van der Waals surface area contributed by atoms with E-state index >= 15 is 0 Å². The topological polar surface area (TPSA) is 62.4 Å². The Hall–Kier alpha value is -3.86. The molecule has 1 heterocycles. The Morgan fingerprint density at radius 3 is 2.50 bits per heavy atom. The molecule has 1 aromatic heterocycles. The van der Waals surface area contributed by atoms with Crippen molar-refractivity contribution in [1.82, 2.24) is 4.98 Å². The molecule has 0 saturated carbocycles. The molecule has 0 fully saturated rings. The second kappa shape index (κ2) is 8.71. The van der Waals surface area contributed by atoms with Crippen molar-refractivity contribution in [3.8, 4) is 5.75 Å². The van der Waals surface area contributed by atoms with E-state index in [2.05, 4.69) is 4.98 Å². The zero-order valence-electron chi connectivity index (χ0n) is 18.7. The van der Waals surface area contributed by atoms with Crippen LogP contribution in [-0.4, -0.2) is 18.0 Å². The van der Waals surface area contributed by atoms with E-state index in [4.69, 9.17) is 4.74 Å². The monoisotopic (exact) mass is 426 g/mol. The van der Waals surface area contributed by atoms with Gasteiger partial charge in [-0.25, -0.2) is 0 Å². The molecule has 3 aromatic carbocycles. The minimum Gasteiger partial charge on any atom is -0.497 e. The van der Waals surface area contributed by atoms with Gasteiger partial charge in [0.05, 0.1) is 13.7 Å². The SMILES string of the molecule is COc1cccc(C(=O)N(Cc2cc3cc(C)ccc3[nH]c2=O)c2ccc(C)c(C)c2)c1. The molecule has 0 saturated heterocycles. The maximum atomic E-state index is 13.6. The maximum absolute atomic E-state index is 13.6. The van der Waals surface area contributed by atoms with Crippen LogP contribution in [-0.2, 0) is 6.54 Å². The number of hydrogen-bond donors (Lipinski definition) is 1. The fraction of sp³-hybridized carbons (Fsp3) is 0.185. The first-order valence-corrected chi connectivity index (χ1v) is 10.5. The molecule has 0 bridgehead atoms. The number of ether oxygens (including phenoxy) is 1. The smallest absolute Gasteiger partial charge is 0.258 e. The van der Waals surface area contributed by atoms with E-state index in [1.54, 1.807) is 36.3 Å². The van der Waals surface area contributed by atoms with Crippen LogP contribution >= 0.6 is 0 Å². The minimum atomic E-state index is -0.200. The molecule has 0 spiro atoms. The number of nitrogens with one attached hydrogen (secondary N) is 1. The number of rotatable bonds is 5. The van der Waals surface area contributed by atoms with E-state index in [0.29, 0.717) is 16.9 Å². The highest BCUT2D eigenvalue weighted by Gasteiger charge is 2.21. The molecule has 162 valence electrons. The normalized spacial score (nSPS) is 10.9. The van der Waals surface area contributed by atoms with Crippen LogP contribution in [0.3, 0.4) is 0 Å².